The van der Waals surface area contributed by atoms with Crippen molar-refractivity contribution in [3.05, 3.63) is 47.1 Å². The summed E-state index contributed by atoms with van der Waals surface area (Å²) in [6, 6.07) is 3.60. The molecule has 1 aliphatic heterocycles. The minimum Gasteiger partial charge on any atom is -0.451 e. The number of cyclic esters (lactones) is 1. The number of benzene rings is 1. The van der Waals surface area contributed by atoms with E-state index < -0.39 is 35.9 Å². The third-order valence-corrected chi connectivity index (χ3v) is 3.97. The zero-order chi connectivity index (χ0) is 18.9. The topological polar surface area (TPSA) is 93.5 Å². The van der Waals surface area contributed by atoms with Crippen LogP contribution in [0.3, 0.4) is 0 Å². The van der Waals surface area contributed by atoms with Crippen molar-refractivity contribution >= 4 is 29.3 Å². The molecule has 1 aromatic heterocycles. The lowest BCUT2D eigenvalue weighted by atomic mass is 9.89. The van der Waals surface area contributed by atoms with E-state index >= 15 is 0 Å². The molecule has 0 fully saturated rings. The summed E-state index contributed by atoms with van der Waals surface area (Å²) in [5.41, 5.74) is -3.34. The van der Waals surface area contributed by atoms with Crippen molar-refractivity contribution in [3.63, 3.8) is 0 Å². The van der Waals surface area contributed by atoms with Crippen LogP contribution in [0.2, 0.25) is 5.02 Å². The predicted molar refractivity (Wildman–Crippen MR) is 82.5 cm³/mol. The van der Waals surface area contributed by atoms with Gasteiger partial charge in [0, 0.05) is 10.6 Å². The van der Waals surface area contributed by atoms with E-state index in [0.717, 1.165) is 12.5 Å². The van der Waals surface area contributed by atoms with E-state index in [0.29, 0.717) is 0 Å². The summed E-state index contributed by atoms with van der Waals surface area (Å²) in [6.45, 7) is -1.02. The number of ether oxygens (including phenoxy) is 1. The number of oxazole rings is 1. The third-order valence-electron chi connectivity index (χ3n) is 3.74. The van der Waals surface area contributed by atoms with E-state index in [1.165, 1.54) is 18.4 Å². The van der Waals surface area contributed by atoms with Crippen molar-refractivity contribution in [2.24, 2.45) is 0 Å². The van der Waals surface area contributed by atoms with Gasteiger partial charge in [0.1, 0.15) is 6.26 Å². The molecule has 0 spiro atoms. The van der Waals surface area contributed by atoms with Crippen molar-refractivity contribution in [2.45, 2.75) is 18.2 Å². The van der Waals surface area contributed by atoms with Crippen molar-refractivity contribution in [1.82, 2.24) is 10.3 Å². The smallest absolute Gasteiger partial charge is 0.434 e. The monoisotopic (exact) mass is 389 g/mol. The minimum absolute atomic E-state index is 0.0195. The Morgan fingerprint density at radius 3 is 2.81 bits per heavy atom. The van der Waals surface area contributed by atoms with Gasteiger partial charge in [0.2, 0.25) is 5.91 Å². The number of nitrogens with one attached hydrogen (secondary N) is 2. The Hall–Kier alpha value is -2.75. The molecule has 0 aliphatic carbocycles. The highest BCUT2D eigenvalue weighted by Crippen LogP contribution is 2.47. The number of halogens is 4. The number of carbonyl (C=O) groups is 2. The van der Waals surface area contributed by atoms with Crippen LogP contribution in [-0.2, 0) is 21.6 Å². The SMILES string of the molecule is O=C(Cc1cocn1)NCC1(C(F)(F)F)OC(=O)Nc2ccc(Cl)cc21. The number of hydrogen-bond acceptors (Lipinski definition) is 5. The van der Waals surface area contributed by atoms with Gasteiger partial charge in [0.25, 0.3) is 5.60 Å². The molecule has 0 bridgehead atoms. The molecule has 1 aromatic carbocycles. The molecule has 2 N–H and O–H groups in total. The van der Waals surface area contributed by atoms with E-state index in [1.54, 1.807) is 0 Å². The Kier molecular flexibility index (Phi) is 4.53. The summed E-state index contributed by atoms with van der Waals surface area (Å²) in [5.74, 6) is -0.749. The molecule has 2 amide bonds. The second-order valence-electron chi connectivity index (χ2n) is 5.46. The molecule has 11 heteroatoms. The van der Waals surface area contributed by atoms with E-state index in [2.05, 4.69) is 20.4 Å². The lowest BCUT2D eigenvalue weighted by molar-refractivity contribution is -0.262. The second kappa shape index (κ2) is 6.52. The number of hydrogen-bond donors (Lipinski definition) is 2. The van der Waals surface area contributed by atoms with Gasteiger partial charge in [-0.05, 0) is 18.2 Å². The molecule has 3 rings (SSSR count). The zero-order valence-electron chi connectivity index (χ0n) is 12.9. The first-order chi connectivity index (χ1) is 12.2. The zero-order valence-corrected chi connectivity index (χ0v) is 13.6. The number of anilines is 1. The molecular formula is C15H11ClF3N3O4. The Morgan fingerprint density at radius 1 is 1.38 bits per heavy atom. The maximum Gasteiger partial charge on any atom is 0.434 e. The van der Waals surface area contributed by atoms with Crippen molar-refractivity contribution in [2.75, 3.05) is 11.9 Å². The Morgan fingerprint density at radius 2 is 2.15 bits per heavy atom. The predicted octanol–water partition coefficient (Wildman–Crippen LogP) is 3.01. The Labute approximate surface area is 149 Å². The van der Waals surface area contributed by atoms with Crippen LogP contribution in [0.25, 0.3) is 0 Å². The normalized spacial score (nSPS) is 19.3. The molecule has 26 heavy (non-hydrogen) atoms. The van der Waals surface area contributed by atoms with Crippen LogP contribution in [0.1, 0.15) is 11.3 Å². The maximum absolute atomic E-state index is 13.9. The quantitative estimate of drug-likeness (QED) is 0.838. The number of aromatic nitrogens is 1. The van der Waals surface area contributed by atoms with Crippen LogP contribution in [0.15, 0.2) is 35.3 Å². The molecule has 2 aromatic rings. The highest BCUT2D eigenvalue weighted by atomic mass is 35.5. The van der Waals surface area contributed by atoms with Gasteiger partial charge in [-0.25, -0.2) is 9.78 Å². The first kappa shape index (κ1) is 18.1. The van der Waals surface area contributed by atoms with Gasteiger partial charge >= 0.3 is 12.3 Å². The number of nitrogens with zero attached hydrogens (tertiary/aromatic N) is 1. The van der Waals surface area contributed by atoms with Gasteiger partial charge in [-0.1, -0.05) is 11.6 Å². The fraction of sp³-hybridized carbons (Fsp3) is 0.267. The molecular weight excluding hydrogens is 379 g/mol. The largest absolute Gasteiger partial charge is 0.451 e. The van der Waals surface area contributed by atoms with Crippen LogP contribution in [0.4, 0.5) is 23.7 Å². The molecule has 1 unspecified atom stereocenters. The van der Waals surface area contributed by atoms with Crippen LogP contribution >= 0.6 is 11.6 Å². The lowest BCUT2D eigenvalue weighted by Crippen LogP contribution is -2.56. The van der Waals surface area contributed by atoms with E-state index in [1.807, 2.05) is 0 Å². The standard InChI is InChI=1S/C15H11ClF3N3O4/c16-8-1-2-11-10(3-8)14(15(17,18)19,26-13(24)22-11)6-20-12(23)4-9-5-25-7-21-9/h1-3,5,7H,4,6H2,(H,20,23)(H,22,24). The number of carbonyl (C=O) groups excluding carboxylic acids is 2. The van der Waals surface area contributed by atoms with Gasteiger partial charge in [-0.3, -0.25) is 10.1 Å². The van der Waals surface area contributed by atoms with Gasteiger partial charge in [0.05, 0.1) is 24.3 Å². The minimum atomic E-state index is -5.01. The van der Waals surface area contributed by atoms with E-state index in [-0.39, 0.29) is 22.8 Å². The molecule has 7 nitrogen and oxygen atoms in total. The Bertz CT molecular complexity index is 841. The fourth-order valence-electron chi connectivity index (χ4n) is 2.53. The fourth-order valence-corrected chi connectivity index (χ4v) is 2.70. The van der Waals surface area contributed by atoms with Crippen molar-refractivity contribution in [3.8, 4) is 0 Å². The molecule has 0 saturated carbocycles. The van der Waals surface area contributed by atoms with E-state index in [9.17, 15) is 22.8 Å². The highest BCUT2D eigenvalue weighted by Gasteiger charge is 2.62. The summed E-state index contributed by atoms with van der Waals surface area (Å²) in [5, 5.41) is 4.33. The molecule has 1 atom stereocenters. The lowest BCUT2D eigenvalue weighted by Gasteiger charge is -2.39. The molecule has 0 saturated heterocycles. The first-order valence-corrected chi connectivity index (χ1v) is 7.59. The van der Waals surface area contributed by atoms with Crippen LogP contribution in [-0.4, -0.2) is 29.7 Å². The first-order valence-electron chi connectivity index (χ1n) is 7.22. The molecule has 0 radical (unpaired) electrons. The summed E-state index contributed by atoms with van der Waals surface area (Å²) in [4.78, 5) is 27.3. The van der Waals surface area contributed by atoms with Gasteiger partial charge < -0.3 is 14.5 Å². The summed E-state index contributed by atoms with van der Waals surface area (Å²) in [6.07, 6.45) is -4.31. The number of amides is 2. The molecule has 2 heterocycles. The number of fused-ring (bicyclic) bond motifs is 1. The summed E-state index contributed by atoms with van der Waals surface area (Å²) in [7, 11) is 0. The summed E-state index contributed by atoms with van der Waals surface area (Å²) < 4.78 is 51.0. The molecule has 1 aliphatic rings. The number of alkyl halides is 3. The molecule has 138 valence electrons. The van der Waals surface area contributed by atoms with Crippen molar-refractivity contribution in [1.29, 1.82) is 0 Å². The average molecular weight is 390 g/mol. The van der Waals surface area contributed by atoms with Gasteiger partial charge in [-0.2, -0.15) is 13.2 Å². The maximum atomic E-state index is 13.9. The van der Waals surface area contributed by atoms with Gasteiger partial charge in [-0.15, -0.1) is 0 Å². The Balaban J connectivity index is 1.92. The summed E-state index contributed by atoms with van der Waals surface area (Å²) >= 11 is 5.81. The van der Waals surface area contributed by atoms with Crippen LogP contribution < -0.4 is 10.6 Å². The second-order valence-corrected chi connectivity index (χ2v) is 5.90. The van der Waals surface area contributed by atoms with Crippen LogP contribution in [0.5, 0.6) is 0 Å². The van der Waals surface area contributed by atoms with E-state index in [4.69, 9.17) is 16.0 Å². The highest BCUT2D eigenvalue weighted by molar-refractivity contribution is 6.30. The number of rotatable bonds is 4. The average Bonchev–Trinajstić information content (AvgIpc) is 3.05. The van der Waals surface area contributed by atoms with Crippen LogP contribution in [0, 0.1) is 0 Å². The van der Waals surface area contributed by atoms with Gasteiger partial charge in [0.15, 0.2) is 6.39 Å². The van der Waals surface area contributed by atoms with Crippen molar-refractivity contribution < 1.29 is 31.9 Å². The third kappa shape index (κ3) is 3.32.